The highest BCUT2D eigenvalue weighted by atomic mass is 14.8. The molecule has 0 spiro atoms. The normalized spacial score (nSPS) is 10.7. The molecule has 0 unspecified atom stereocenters. The molecular formula is C10H11N. The van der Waals surface area contributed by atoms with E-state index in [1.165, 1.54) is 16.6 Å². The largest absolute Gasteiger partial charge is 0.323 e. The molecule has 2 heterocycles. The van der Waals surface area contributed by atoms with Gasteiger partial charge in [-0.1, -0.05) is 6.07 Å². The van der Waals surface area contributed by atoms with Crippen molar-refractivity contribution < 1.29 is 0 Å². The Labute approximate surface area is 66.3 Å². The van der Waals surface area contributed by atoms with Crippen molar-refractivity contribution in [2.24, 2.45) is 0 Å². The molecule has 2 rings (SSSR count). The summed E-state index contributed by atoms with van der Waals surface area (Å²) in [5.41, 5.74) is 3.94. The Morgan fingerprint density at radius 2 is 1.91 bits per heavy atom. The van der Waals surface area contributed by atoms with E-state index in [4.69, 9.17) is 0 Å². The Balaban J connectivity index is 2.86. The van der Waals surface area contributed by atoms with Crippen LogP contribution in [0.3, 0.4) is 0 Å². The summed E-state index contributed by atoms with van der Waals surface area (Å²) < 4.78 is 2.16. The molecule has 0 amide bonds. The predicted octanol–water partition coefficient (Wildman–Crippen LogP) is 2.56. The van der Waals surface area contributed by atoms with Crippen LogP contribution in [-0.4, -0.2) is 4.40 Å². The van der Waals surface area contributed by atoms with E-state index in [1.54, 1.807) is 0 Å². The molecule has 0 bridgehead atoms. The van der Waals surface area contributed by atoms with Gasteiger partial charge >= 0.3 is 0 Å². The summed E-state index contributed by atoms with van der Waals surface area (Å²) in [6.45, 7) is 4.24. The quantitative estimate of drug-likeness (QED) is 0.536. The monoisotopic (exact) mass is 145 g/mol. The third kappa shape index (κ3) is 0.929. The van der Waals surface area contributed by atoms with E-state index in [1.807, 2.05) is 0 Å². The number of rotatable bonds is 0. The summed E-state index contributed by atoms with van der Waals surface area (Å²) >= 11 is 0. The smallest absolute Gasteiger partial charge is 0.0479 e. The van der Waals surface area contributed by atoms with E-state index in [-0.39, 0.29) is 0 Å². The summed E-state index contributed by atoms with van der Waals surface area (Å²) in [5, 5.41) is 0. The van der Waals surface area contributed by atoms with Gasteiger partial charge in [0, 0.05) is 17.9 Å². The lowest BCUT2D eigenvalue weighted by Gasteiger charge is -1.96. The van der Waals surface area contributed by atoms with Crippen molar-refractivity contribution in [3.05, 3.63) is 41.7 Å². The van der Waals surface area contributed by atoms with Crippen molar-refractivity contribution in [1.29, 1.82) is 0 Å². The molecule has 56 valence electrons. The fourth-order valence-electron chi connectivity index (χ4n) is 1.36. The third-order valence-corrected chi connectivity index (χ3v) is 2.01. The molecule has 1 nitrogen and oxygen atoms in total. The average Bonchev–Trinajstić information content (AvgIpc) is 2.32. The van der Waals surface area contributed by atoms with Gasteiger partial charge in [0.25, 0.3) is 0 Å². The van der Waals surface area contributed by atoms with Crippen LogP contribution in [0.4, 0.5) is 0 Å². The van der Waals surface area contributed by atoms with Crippen LogP contribution < -0.4 is 0 Å². The van der Waals surface area contributed by atoms with Crippen molar-refractivity contribution in [3.63, 3.8) is 0 Å². The molecule has 0 aliphatic heterocycles. The topological polar surface area (TPSA) is 4.41 Å². The predicted molar refractivity (Wildman–Crippen MR) is 46.9 cm³/mol. The molecule has 0 saturated carbocycles. The number of hydrogen-bond acceptors (Lipinski definition) is 0. The zero-order valence-electron chi connectivity index (χ0n) is 6.83. The zero-order chi connectivity index (χ0) is 7.84. The molecule has 0 aliphatic carbocycles. The van der Waals surface area contributed by atoms with Crippen LogP contribution in [0.25, 0.3) is 5.52 Å². The Bertz CT molecular complexity index is 385. The van der Waals surface area contributed by atoms with Gasteiger partial charge < -0.3 is 4.40 Å². The van der Waals surface area contributed by atoms with Crippen LogP contribution in [0.15, 0.2) is 30.6 Å². The molecular weight excluding hydrogens is 134 g/mol. The van der Waals surface area contributed by atoms with Gasteiger partial charge in [-0.05, 0) is 37.1 Å². The lowest BCUT2D eigenvalue weighted by Crippen LogP contribution is -1.82. The third-order valence-electron chi connectivity index (χ3n) is 2.01. The molecule has 2 aromatic rings. The van der Waals surface area contributed by atoms with Gasteiger partial charge in [-0.2, -0.15) is 0 Å². The average molecular weight is 145 g/mol. The number of aryl methyl sites for hydroxylation is 2. The maximum absolute atomic E-state index is 2.16. The van der Waals surface area contributed by atoms with Gasteiger partial charge in [0.2, 0.25) is 0 Å². The SMILES string of the molecule is Cc1ccc2c(C)ccn2c1. The van der Waals surface area contributed by atoms with Crippen LogP contribution in [0.2, 0.25) is 0 Å². The zero-order valence-corrected chi connectivity index (χ0v) is 6.83. The van der Waals surface area contributed by atoms with E-state index in [0.717, 1.165) is 0 Å². The lowest BCUT2D eigenvalue weighted by molar-refractivity contribution is 1.16. The number of fused-ring (bicyclic) bond motifs is 1. The summed E-state index contributed by atoms with van der Waals surface area (Å²) in [4.78, 5) is 0. The van der Waals surface area contributed by atoms with Gasteiger partial charge in [0.1, 0.15) is 0 Å². The minimum absolute atomic E-state index is 1.30. The van der Waals surface area contributed by atoms with Gasteiger partial charge in [0.05, 0.1) is 0 Å². The van der Waals surface area contributed by atoms with Crippen LogP contribution in [0.5, 0.6) is 0 Å². The molecule has 0 N–H and O–H groups in total. The molecule has 0 saturated heterocycles. The van der Waals surface area contributed by atoms with Gasteiger partial charge in [-0.15, -0.1) is 0 Å². The van der Waals surface area contributed by atoms with E-state index < -0.39 is 0 Å². The lowest BCUT2D eigenvalue weighted by atomic mass is 10.2. The van der Waals surface area contributed by atoms with Gasteiger partial charge in [-0.3, -0.25) is 0 Å². The second-order valence-electron chi connectivity index (χ2n) is 3.00. The Morgan fingerprint density at radius 3 is 2.73 bits per heavy atom. The summed E-state index contributed by atoms with van der Waals surface area (Å²) in [5.74, 6) is 0. The Morgan fingerprint density at radius 1 is 1.09 bits per heavy atom. The number of pyridine rings is 1. The van der Waals surface area contributed by atoms with Crippen LogP contribution in [0, 0.1) is 13.8 Å². The Hall–Kier alpha value is -1.24. The van der Waals surface area contributed by atoms with Gasteiger partial charge in [-0.25, -0.2) is 0 Å². The van der Waals surface area contributed by atoms with E-state index in [2.05, 4.69) is 48.8 Å². The van der Waals surface area contributed by atoms with Crippen LogP contribution >= 0.6 is 0 Å². The number of aromatic nitrogens is 1. The first-order valence-electron chi connectivity index (χ1n) is 3.81. The molecule has 0 aliphatic rings. The first-order chi connectivity index (χ1) is 5.27. The summed E-state index contributed by atoms with van der Waals surface area (Å²) in [7, 11) is 0. The molecule has 0 aromatic carbocycles. The summed E-state index contributed by atoms with van der Waals surface area (Å²) in [6, 6.07) is 6.43. The fraction of sp³-hybridized carbons (Fsp3) is 0.200. The van der Waals surface area contributed by atoms with E-state index in [9.17, 15) is 0 Å². The molecule has 11 heavy (non-hydrogen) atoms. The minimum Gasteiger partial charge on any atom is -0.323 e. The van der Waals surface area contributed by atoms with Crippen molar-refractivity contribution in [2.75, 3.05) is 0 Å². The second kappa shape index (κ2) is 2.12. The first kappa shape index (κ1) is 6.47. The minimum atomic E-state index is 1.30. The molecule has 0 radical (unpaired) electrons. The van der Waals surface area contributed by atoms with Crippen molar-refractivity contribution in [1.82, 2.24) is 4.40 Å². The molecule has 2 aromatic heterocycles. The standard InChI is InChI=1S/C10H11N/c1-8-3-4-10-9(2)5-6-11(10)7-8/h3-7H,1-2H3. The molecule has 0 fully saturated rings. The highest BCUT2D eigenvalue weighted by Crippen LogP contribution is 2.11. The maximum atomic E-state index is 2.16. The summed E-state index contributed by atoms with van der Waals surface area (Å²) in [6.07, 6.45) is 4.24. The van der Waals surface area contributed by atoms with Crippen molar-refractivity contribution in [3.8, 4) is 0 Å². The number of hydrogen-bond donors (Lipinski definition) is 0. The van der Waals surface area contributed by atoms with E-state index in [0.29, 0.717) is 0 Å². The van der Waals surface area contributed by atoms with Gasteiger partial charge in [0.15, 0.2) is 0 Å². The Kier molecular flexibility index (Phi) is 1.25. The molecule has 1 heteroatoms. The van der Waals surface area contributed by atoms with Crippen molar-refractivity contribution in [2.45, 2.75) is 13.8 Å². The van der Waals surface area contributed by atoms with Crippen LogP contribution in [0.1, 0.15) is 11.1 Å². The number of nitrogens with zero attached hydrogens (tertiary/aromatic N) is 1. The molecule has 0 atom stereocenters. The highest BCUT2D eigenvalue weighted by Gasteiger charge is 1.95. The van der Waals surface area contributed by atoms with E-state index >= 15 is 0 Å². The fourth-order valence-corrected chi connectivity index (χ4v) is 1.36. The van der Waals surface area contributed by atoms with Crippen molar-refractivity contribution >= 4 is 5.52 Å². The van der Waals surface area contributed by atoms with Crippen LogP contribution in [-0.2, 0) is 0 Å². The maximum Gasteiger partial charge on any atom is 0.0479 e. The highest BCUT2D eigenvalue weighted by molar-refractivity contribution is 5.55. The first-order valence-corrected chi connectivity index (χ1v) is 3.81. The second-order valence-corrected chi connectivity index (χ2v) is 3.00.